The first kappa shape index (κ1) is 21.7. The highest BCUT2D eigenvalue weighted by molar-refractivity contribution is 7.21. The zero-order chi connectivity index (χ0) is 22.8. The van der Waals surface area contributed by atoms with E-state index in [0.29, 0.717) is 24.3 Å². The minimum atomic E-state index is 0.228. The Labute approximate surface area is 197 Å². The number of aromatic nitrogens is 4. The summed E-state index contributed by atoms with van der Waals surface area (Å²) in [7, 11) is 0. The maximum Gasteiger partial charge on any atom is 0.225 e. The Balaban J connectivity index is 1.49. The lowest BCUT2D eigenvalue weighted by Crippen LogP contribution is -2.19. The summed E-state index contributed by atoms with van der Waals surface area (Å²) in [5.41, 5.74) is 3.93. The third-order valence-electron chi connectivity index (χ3n) is 6.42. The normalized spacial score (nSPS) is 20.3. The molecule has 5 rings (SSSR count). The lowest BCUT2D eigenvalue weighted by atomic mass is 10.00. The van der Waals surface area contributed by atoms with Gasteiger partial charge in [-0.3, -0.25) is 4.98 Å². The average molecular weight is 461 g/mol. The van der Waals surface area contributed by atoms with Crippen LogP contribution in [0.15, 0.2) is 48.8 Å². The molecule has 0 saturated heterocycles. The molecule has 0 aliphatic heterocycles. The predicted molar refractivity (Wildman–Crippen MR) is 133 cm³/mol. The van der Waals surface area contributed by atoms with E-state index in [0.717, 1.165) is 50.7 Å². The highest BCUT2D eigenvalue weighted by atomic mass is 32.1. The van der Waals surface area contributed by atoms with Crippen molar-refractivity contribution in [2.24, 2.45) is 11.8 Å². The van der Waals surface area contributed by atoms with Gasteiger partial charge in [-0.25, -0.2) is 9.97 Å². The van der Waals surface area contributed by atoms with Gasteiger partial charge in [0.05, 0.1) is 21.5 Å². The van der Waals surface area contributed by atoms with E-state index in [4.69, 9.17) is 15.0 Å². The van der Waals surface area contributed by atoms with E-state index < -0.39 is 0 Å². The van der Waals surface area contributed by atoms with Crippen LogP contribution in [0.3, 0.4) is 0 Å². The molecule has 170 valence electrons. The number of nitrogens with zero attached hydrogens (tertiary/aromatic N) is 4. The van der Waals surface area contributed by atoms with Crippen molar-refractivity contribution in [2.75, 3.05) is 17.2 Å². The highest BCUT2D eigenvalue weighted by Crippen LogP contribution is 2.39. The minimum Gasteiger partial charge on any atom is -0.396 e. The minimum absolute atomic E-state index is 0.228. The topological polar surface area (TPSA) is 95.9 Å². The van der Waals surface area contributed by atoms with Gasteiger partial charge in [0.25, 0.3) is 0 Å². The van der Waals surface area contributed by atoms with E-state index in [1.165, 1.54) is 0 Å². The van der Waals surface area contributed by atoms with E-state index in [9.17, 15) is 5.11 Å². The first-order chi connectivity index (χ1) is 16.1. The third kappa shape index (κ3) is 4.67. The molecule has 0 radical (unpaired) electrons. The number of fused-ring (bicyclic) bond motifs is 1. The van der Waals surface area contributed by atoms with E-state index >= 15 is 0 Å². The van der Waals surface area contributed by atoms with Crippen molar-refractivity contribution in [3.63, 3.8) is 0 Å². The van der Waals surface area contributed by atoms with Gasteiger partial charge in [-0.2, -0.15) is 4.98 Å². The second-order valence-corrected chi connectivity index (χ2v) is 9.82. The van der Waals surface area contributed by atoms with Crippen LogP contribution in [0, 0.1) is 18.8 Å². The Morgan fingerprint density at radius 2 is 1.88 bits per heavy atom. The number of para-hydroxylation sites is 1. The summed E-state index contributed by atoms with van der Waals surface area (Å²) in [4.78, 5) is 18.6. The van der Waals surface area contributed by atoms with Crippen molar-refractivity contribution in [2.45, 2.75) is 39.3 Å². The Bertz CT molecular complexity index is 1210. The van der Waals surface area contributed by atoms with E-state index in [1.54, 1.807) is 23.7 Å². The summed E-state index contributed by atoms with van der Waals surface area (Å²) in [5, 5.41) is 17.7. The van der Waals surface area contributed by atoms with Crippen LogP contribution in [0.1, 0.15) is 31.0 Å². The number of rotatable bonds is 7. The molecule has 1 fully saturated rings. The molecule has 7 nitrogen and oxygen atoms in total. The smallest absolute Gasteiger partial charge is 0.225 e. The van der Waals surface area contributed by atoms with E-state index in [-0.39, 0.29) is 12.6 Å². The maximum atomic E-state index is 9.72. The number of anilines is 2. The average Bonchev–Trinajstić information content (AvgIpc) is 3.40. The first-order valence-electron chi connectivity index (χ1n) is 11.4. The number of hydrogen-bond acceptors (Lipinski definition) is 8. The summed E-state index contributed by atoms with van der Waals surface area (Å²) < 4.78 is 1.15. The molecule has 0 amide bonds. The van der Waals surface area contributed by atoms with Crippen LogP contribution in [-0.4, -0.2) is 37.7 Å². The second-order valence-electron chi connectivity index (χ2n) is 8.78. The van der Waals surface area contributed by atoms with Crippen molar-refractivity contribution < 1.29 is 5.11 Å². The van der Waals surface area contributed by atoms with Gasteiger partial charge in [0, 0.05) is 31.6 Å². The van der Waals surface area contributed by atoms with Gasteiger partial charge in [-0.15, -0.1) is 11.3 Å². The molecule has 4 aromatic rings. The molecule has 1 aliphatic carbocycles. The summed E-state index contributed by atoms with van der Waals surface area (Å²) >= 11 is 1.66. The zero-order valence-corrected chi connectivity index (χ0v) is 19.6. The van der Waals surface area contributed by atoms with E-state index in [2.05, 4.69) is 28.6 Å². The van der Waals surface area contributed by atoms with Crippen molar-refractivity contribution in [1.29, 1.82) is 0 Å². The standard InChI is InChI=1S/C25H28N6OS/c1-15-11-19(12-18(15)14-32)29-23-22(24-30-20-5-3-4-6-21(20)33-24)16(2)28-25(31-23)27-13-17-7-9-26-10-8-17/h3-10,15,18-19,32H,11-14H2,1-2H3,(H2,27,28,29,31)/t15-,18+,19-/m0/s1. The molecule has 33 heavy (non-hydrogen) atoms. The lowest BCUT2D eigenvalue weighted by molar-refractivity contribution is 0.201. The molecule has 3 heterocycles. The Morgan fingerprint density at radius 3 is 2.64 bits per heavy atom. The van der Waals surface area contributed by atoms with Crippen LogP contribution in [-0.2, 0) is 6.54 Å². The van der Waals surface area contributed by atoms with Crippen LogP contribution in [0.4, 0.5) is 11.8 Å². The Hall–Kier alpha value is -3.10. The lowest BCUT2D eigenvalue weighted by Gasteiger charge is -2.18. The molecule has 3 atom stereocenters. The molecule has 1 aromatic carbocycles. The highest BCUT2D eigenvalue weighted by Gasteiger charge is 2.32. The van der Waals surface area contributed by atoms with Crippen LogP contribution in [0.25, 0.3) is 20.8 Å². The van der Waals surface area contributed by atoms with Gasteiger partial charge >= 0.3 is 0 Å². The second kappa shape index (κ2) is 9.41. The van der Waals surface area contributed by atoms with Gasteiger partial charge in [-0.1, -0.05) is 19.1 Å². The number of thiazole rings is 1. The molecular weight excluding hydrogens is 432 g/mol. The Morgan fingerprint density at radius 1 is 1.06 bits per heavy atom. The van der Waals surface area contributed by atoms with Gasteiger partial charge in [0.1, 0.15) is 10.8 Å². The fourth-order valence-electron chi connectivity index (χ4n) is 4.57. The monoisotopic (exact) mass is 460 g/mol. The summed E-state index contributed by atoms with van der Waals surface area (Å²) in [5.74, 6) is 2.18. The summed E-state index contributed by atoms with van der Waals surface area (Å²) in [6.07, 6.45) is 5.50. The number of benzene rings is 1. The molecule has 8 heteroatoms. The molecular formula is C25H28N6OS. The molecule has 0 unspecified atom stereocenters. The molecule has 3 N–H and O–H groups in total. The van der Waals surface area contributed by atoms with Crippen molar-refractivity contribution in [3.05, 3.63) is 60.0 Å². The summed E-state index contributed by atoms with van der Waals surface area (Å²) in [6, 6.07) is 12.4. The largest absolute Gasteiger partial charge is 0.396 e. The van der Waals surface area contributed by atoms with Crippen molar-refractivity contribution >= 4 is 33.3 Å². The number of pyridine rings is 1. The number of aliphatic hydroxyl groups is 1. The number of hydrogen-bond donors (Lipinski definition) is 3. The van der Waals surface area contributed by atoms with Crippen LogP contribution < -0.4 is 10.6 Å². The molecule has 3 aromatic heterocycles. The van der Waals surface area contributed by atoms with Gasteiger partial charge in [0.2, 0.25) is 5.95 Å². The quantitative estimate of drug-likeness (QED) is 0.361. The van der Waals surface area contributed by atoms with Gasteiger partial charge in [-0.05, 0) is 61.4 Å². The van der Waals surface area contributed by atoms with Crippen molar-refractivity contribution in [3.8, 4) is 10.6 Å². The Kier molecular flexibility index (Phi) is 6.20. The maximum absolute atomic E-state index is 9.72. The molecule has 1 aliphatic rings. The van der Waals surface area contributed by atoms with E-state index in [1.807, 2.05) is 37.3 Å². The van der Waals surface area contributed by atoms with Crippen molar-refractivity contribution in [1.82, 2.24) is 19.9 Å². The SMILES string of the molecule is Cc1nc(NCc2ccncc2)nc(N[C@@H]2C[C@H](CO)[C@@H](C)C2)c1-c1nc2ccccc2s1. The third-order valence-corrected chi connectivity index (χ3v) is 7.48. The van der Waals surface area contributed by atoms with Gasteiger partial charge < -0.3 is 15.7 Å². The molecule has 1 saturated carbocycles. The van der Waals surface area contributed by atoms with Gasteiger partial charge in [0.15, 0.2) is 0 Å². The number of aliphatic hydroxyl groups excluding tert-OH is 1. The fraction of sp³-hybridized carbons (Fsp3) is 0.360. The molecule has 0 bridgehead atoms. The van der Waals surface area contributed by atoms with Crippen LogP contribution >= 0.6 is 11.3 Å². The number of aryl methyl sites for hydroxylation is 1. The summed E-state index contributed by atoms with van der Waals surface area (Å²) in [6.45, 7) is 5.07. The predicted octanol–water partition coefficient (Wildman–Crippen LogP) is 4.89. The van der Waals surface area contributed by atoms with Crippen LogP contribution in [0.5, 0.6) is 0 Å². The van der Waals surface area contributed by atoms with Crippen LogP contribution in [0.2, 0.25) is 0 Å². The number of nitrogens with one attached hydrogen (secondary N) is 2. The zero-order valence-electron chi connectivity index (χ0n) is 18.8. The molecule has 0 spiro atoms. The first-order valence-corrected chi connectivity index (χ1v) is 12.2. The fourth-order valence-corrected chi connectivity index (χ4v) is 5.64.